The number of carbonyl (C=O) groups excluding carboxylic acids is 1. The van der Waals surface area contributed by atoms with Crippen LogP contribution in [0.2, 0.25) is 0 Å². The van der Waals surface area contributed by atoms with Crippen LogP contribution in [-0.4, -0.2) is 31.9 Å². The first-order valence-electron chi connectivity index (χ1n) is 8.33. The molecule has 136 valence electrons. The molecule has 0 saturated carbocycles. The Bertz CT molecular complexity index is 960. The Kier molecular flexibility index (Phi) is 5.51. The van der Waals surface area contributed by atoms with Gasteiger partial charge in [0.15, 0.2) is 0 Å². The van der Waals surface area contributed by atoms with Crippen LogP contribution >= 0.6 is 0 Å². The third-order valence-electron chi connectivity index (χ3n) is 4.14. The van der Waals surface area contributed by atoms with E-state index in [1.165, 1.54) is 12.5 Å². The second-order valence-corrected chi connectivity index (χ2v) is 6.07. The van der Waals surface area contributed by atoms with Crippen LogP contribution in [0.1, 0.15) is 33.9 Å². The molecular formula is C20H18N4O3. The molecule has 2 heterocycles. The summed E-state index contributed by atoms with van der Waals surface area (Å²) < 4.78 is 0. The fourth-order valence-corrected chi connectivity index (χ4v) is 2.80. The fraction of sp³-hybridized carbons (Fsp3) is 0.150. The summed E-state index contributed by atoms with van der Waals surface area (Å²) in [5.41, 5.74) is 3.46. The molecule has 0 bridgehead atoms. The fourth-order valence-electron chi connectivity index (χ4n) is 2.80. The number of carbonyl (C=O) groups is 2. The molecule has 0 saturated heterocycles. The Morgan fingerprint density at radius 1 is 1.04 bits per heavy atom. The SMILES string of the molecule is Cc1ccccc1C(CC(=O)O)NC(=O)c1cncc(-c2cncnc2)c1. The number of hydrogen-bond donors (Lipinski definition) is 2. The van der Waals surface area contributed by atoms with Crippen LogP contribution in [0.5, 0.6) is 0 Å². The van der Waals surface area contributed by atoms with Crippen LogP contribution in [0.4, 0.5) is 0 Å². The molecule has 27 heavy (non-hydrogen) atoms. The van der Waals surface area contributed by atoms with Crippen molar-refractivity contribution >= 4 is 11.9 Å². The number of pyridine rings is 1. The number of carboxylic acids is 1. The number of aromatic nitrogens is 3. The molecule has 0 fully saturated rings. The van der Waals surface area contributed by atoms with E-state index in [0.717, 1.165) is 16.7 Å². The Balaban J connectivity index is 1.86. The average molecular weight is 362 g/mol. The lowest BCUT2D eigenvalue weighted by Gasteiger charge is -2.19. The predicted molar refractivity (Wildman–Crippen MR) is 98.9 cm³/mol. The highest BCUT2D eigenvalue weighted by molar-refractivity contribution is 5.95. The molecular weight excluding hydrogens is 344 g/mol. The van der Waals surface area contributed by atoms with Crippen LogP contribution in [0.3, 0.4) is 0 Å². The van der Waals surface area contributed by atoms with Crippen LogP contribution in [0.15, 0.2) is 61.4 Å². The molecule has 1 atom stereocenters. The Hall–Kier alpha value is -3.61. The number of nitrogens with zero attached hydrogens (tertiary/aromatic N) is 3. The Labute approximate surface area is 156 Å². The van der Waals surface area contributed by atoms with Crippen molar-refractivity contribution in [1.29, 1.82) is 0 Å². The van der Waals surface area contributed by atoms with E-state index in [9.17, 15) is 14.7 Å². The first kappa shape index (κ1) is 18.2. The highest BCUT2D eigenvalue weighted by Crippen LogP contribution is 2.22. The third-order valence-corrected chi connectivity index (χ3v) is 4.14. The Morgan fingerprint density at radius 3 is 2.44 bits per heavy atom. The number of nitrogens with one attached hydrogen (secondary N) is 1. The molecule has 2 aromatic heterocycles. The number of hydrogen-bond acceptors (Lipinski definition) is 5. The quantitative estimate of drug-likeness (QED) is 0.698. The molecule has 0 aliphatic rings. The lowest BCUT2D eigenvalue weighted by Crippen LogP contribution is -2.30. The van der Waals surface area contributed by atoms with E-state index >= 15 is 0 Å². The maximum absolute atomic E-state index is 12.7. The van der Waals surface area contributed by atoms with Crippen molar-refractivity contribution in [2.45, 2.75) is 19.4 Å². The molecule has 2 N–H and O–H groups in total. The van der Waals surface area contributed by atoms with Gasteiger partial charge in [0.1, 0.15) is 6.33 Å². The Morgan fingerprint density at radius 2 is 1.74 bits per heavy atom. The zero-order valence-corrected chi connectivity index (χ0v) is 14.7. The van der Waals surface area contributed by atoms with Gasteiger partial charge in [0.25, 0.3) is 5.91 Å². The van der Waals surface area contributed by atoms with Crippen LogP contribution in [-0.2, 0) is 4.79 Å². The van der Waals surface area contributed by atoms with Gasteiger partial charge in [-0.3, -0.25) is 14.6 Å². The molecule has 1 aromatic carbocycles. The number of amides is 1. The van der Waals surface area contributed by atoms with E-state index < -0.39 is 17.9 Å². The summed E-state index contributed by atoms with van der Waals surface area (Å²) in [5.74, 6) is -1.38. The first-order valence-corrected chi connectivity index (χ1v) is 8.33. The minimum atomic E-state index is -0.989. The van der Waals surface area contributed by atoms with Gasteiger partial charge in [0.2, 0.25) is 0 Å². The van der Waals surface area contributed by atoms with Crippen molar-refractivity contribution in [3.8, 4) is 11.1 Å². The molecule has 0 radical (unpaired) electrons. The number of benzene rings is 1. The largest absolute Gasteiger partial charge is 0.481 e. The molecule has 0 aliphatic carbocycles. The zero-order chi connectivity index (χ0) is 19.2. The van der Waals surface area contributed by atoms with Crippen LogP contribution in [0.25, 0.3) is 11.1 Å². The smallest absolute Gasteiger partial charge is 0.305 e. The van der Waals surface area contributed by atoms with E-state index in [2.05, 4.69) is 20.3 Å². The van der Waals surface area contributed by atoms with Gasteiger partial charge in [-0.25, -0.2) is 9.97 Å². The standard InChI is InChI=1S/C20H18N4O3/c1-13-4-2-3-5-17(13)18(7-19(25)26)24-20(27)15-6-14(8-21-9-15)16-10-22-12-23-11-16/h2-6,8-12,18H,7H2,1H3,(H,24,27)(H,25,26). The van der Waals surface area contributed by atoms with E-state index in [1.807, 2.05) is 31.2 Å². The van der Waals surface area contributed by atoms with Crippen molar-refractivity contribution in [2.24, 2.45) is 0 Å². The van der Waals surface area contributed by atoms with E-state index in [-0.39, 0.29) is 6.42 Å². The minimum Gasteiger partial charge on any atom is -0.481 e. The average Bonchev–Trinajstić information content (AvgIpc) is 2.68. The van der Waals surface area contributed by atoms with E-state index in [0.29, 0.717) is 11.1 Å². The van der Waals surface area contributed by atoms with Crippen molar-refractivity contribution in [1.82, 2.24) is 20.3 Å². The maximum Gasteiger partial charge on any atom is 0.305 e. The molecule has 3 rings (SSSR count). The summed E-state index contributed by atoms with van der Waals surface area (Å²) in [6.07, 6.45) is 7.53. The van der Waals surface area contributed by atoms with Gasteiger partial charge in [0.05, 0.1) is 18.0 Å². The molecule has 0 aliphatic heterocycles. The predicted octanol–water partition coefficient (Wildman–Crippen LogP) is 2.79. The van der Waals surface area contributed by atoms with Gasteiger partial charge in [-0.05, 0) is 24.1 Å². The zero-order valence-electron chi connectivity index (χ0n) is 14.7. The molecule has 1 unspecified atom stereocenters. The normalized spacial score (nSPS) is 11.6. The topological polar surface area (TPSA) is 105 Å². The van der Waals surface area contributed by atoms with Crippen molar-refractivity contribution < 1.29 is 14.7 Å². The van der Waals surface area contributed by atoms with E-state index in [4.69, 9.17) is 0 Å². The molecule has 7 nitrogen and oxygen atoms in total. The summed E-state index contributed by atoms with van der Waals surface area (Å²) in [5, 5.41) is 12.0. The number of aliphatic carboxylic acids is 1. The summed E-state index contributed by atoms with van der Waals surface area (Å²) in [4.78, 5) is 36.0. The van der Waals surface area contributed by atoms with Crippen molar-refractivity contribution in [3.63, 3.8) is 0 Å². The molecule has 1 amide bonds. The van der Waals surface area contributed by atoms with Crippen LogP contribution < -0.4 is 5.32 Å². The van der Waals surface area contributed by atoms with Gasteiger partial charge < -0.3 is 10.4 Å². The monoisotopic (exact) mass is 362 g/mol. The molecule has 7 heteroatoms. The van der Waals surface area contributed by atoms with Gasteiger partial charge in [-0.1, -0.05) is 24.3 Å². The highest BCUT2D eigenvalue weighted by Gasteiger charge is 2.20. The lowest BCUT2D eigenvalue weighted by atomic mass is 9.98. The minimum absolute atomic E-state index is 0.212. The number of carboxylic acid groups (broad SMARTS) is 1. The van der Waals surface area contributed by atoms with E-state index in [1.54, 1.807) is 24.7 Å². The number of aryl methyl sites for hydroxylation is 1. The van der Waals surface area contributed by atoms with Crippen LogP contribution in [0, 0.1) is 6.92 Å². The van der Waals surface area contributed by atoms with Gasteiger partial charge in [0, 0.05) is 35.9 Å². The van der Waals surface area contributed by atoms with Gasteiger partial charge in [-0.15, -0.1) is 0 Å². The second-order valence-electron chi connectivity index (χ2n) is 6.07. The van der Waals surface area contributed by atoms with Gasteiger partial charge >= 0.3 is 5.97 Å². The first-order chi connectivity index (χ1) is 13.0. The maximum atomic E-state index is 12.7. The summed E-state index contributed by atoms with van der Waals surface area (Å²) in [7, 11) is 0. The van der Waals surface area contributed by atoms with Crippen molar-refractivity contribution in [3.05, 3.63) is 78.1 Å². The lowest BCUT2D eigenvalue weighted by molar-refractivity contribution is -0.137. The van der Waals surface area contributed by atoms with Gasteiger partial charge in [-0.2, -0.15) is 0 Å². The third kappa shape index (κ3) is 4.52. The highest BCUT2D eigenvalue weighted by atomic mass is 16.4. The number of rotatable bonds is 6. The second kappa shape index (κ2) is 8.18. The summed E-state index contributed by atoms with van der Waals surface area (Å²) >= 11 is 0. The van der Waals surface area contributed by atoms with Crippen molar-refractivity contribution in [2.75, 3.05) is 0 Å². The summed E-state index contributed by atoms with van der Waals surface area (Å²) in [6.45, 7) is 1.88. The molecule has 3 aromatic rings. The molecule has 0 spiro atoms. The summed E-state index contributed by atoms with van der Waals surface area (Å²) in [6, 6.07) is 8.43.